The second kappa shape index (κ2) is 8.97. The van der Waals surface area contributed by atoms with Crippen molar-refractivity contribution in [3.63, 3.8) is 0 Å². The van der Waals surface area contributed by atoms with Gasteiger partial charge in [0, 0.05) is 6.42 Å². The first-order valence-electron chi connectivity index (χ1n) is 6.98. The number of carbonyl (C=O) groups excluding carboxylic acids is 2. The molecule has 0 aromatic heterocycles. The number of aromatic hydroxyl groups is 1. The van der Waals surface area contributed by atoms with Gasteiger partial charge < -0.3 is 20.9 Å². The normalized spacial score (nSPS) is 10.2. The van der Waals surface area contributed by atoms with Crippen LogP contribution in [0.25, 0.3) is 0 Å². The van der Waals surface area contributed by atoms with Gasteiger partial charge in [-0.2, -0.15) is 0 Å². The number of benzene rings is 1. The van der Waals surface area contributed by atoms with Gasteiger partial charge in [-0.25, -0.2) is 4.79 Å². The summed E-state index contributed by atoms with van der Waals surface area (Å²) in [6.45, 7) is 2.11. The molecule has 1 aromatic rings. The highest BCUT2D eigenvalue weighted by Crippen LogP contribution is 2.21. The third-order valence-electron chi connectivity index (χ3n) is 3.04. The summed E-state index contributed by atoms with van der Waals surface area (Å²) in [5.74, 6) is -0.941. The van der Waals surface area contributed by atoms with Crippen molar-refractivity contribution in [2.45, 2.75) is 32.6 Å². The number of para-hydroxylation sites is 1. The molecular formula is C15H22N2O4. The van der Waals surface area contributed by atoms with Crippen LogP contribution in [0.15, 0.2) is 18.2 Å². The van der Waals surface area contributed by atoms with Gasteiger partial charge in [0.05, 0.1) is 0 Å². The highest BCUT2D eigenvalue weighted by atomic mass is 16.5. The van der Waals surface area contributed by atoms with Crippen molar-refractivity contribution in [3.8, 4) is 5.75 Å². The fraction of sp³-hybridized carbons (Fsp3) is 0.467. The number of hydrogen-bond acceptors (Lipinski definition) is 5. The number of ether oxygens (including phenoxy) is 1. The molecule has 0 saturated heterocycles. The molecule has 0 unspecified atom stereocenters. The zero-order chi connectivity index (χ0) is 15.7. The molecule has 0 heterocycles. The minimum absolute atomic E-state index is 0.0900. The first kappa shape index (κ1) is 17.0. The van der Waals surface area contributed by atoms with Gasteiger partial charge in [-0.15, -0.1) is 0 Å². The van der Waals surface area contributed by atoms with Crippen LogP contribution < -0.4 is 11.1 Å². The highest BCUT2D eigenvalue weighted by molar-refractivity contribution is 5.92. The molecule has 0 aliphatic rings. The Labute approximate surface area is 124 Å². The topological polar surface area (TPSA) is 102 Å². The van der Waals surface area contributed by atoms with Crippen molar-refractivity contribution in [2.24, 2.45) is 5.73 Å². The maximum atomic E-state index is 11.8. The van der Waals surface area contributed by atoms with Crippen LogP contribution in [0, 0.1) is 6.92 Å². The van der Waals surface area contributed by atoms with Gasteiger partial charge in [0.1, 0.15) is 11.3 Å². The lowest BCUT2D eigenvalue weighted by Crippen LogP contribution is -2.27. The first-order valence-corrected chi connectivity index (χ1v) is 6.98. The van der Waals surface area contributed by atoms with E-state index < -0.39 is 5.97 Å². The van der Waals surface area contributed by atoms with Crippen LogP contribution in [0.2, 0.25) is 0 Å². The second-order valence-corrected chi connectivity index (χ2v) is 4.75. The summed E-state index contributed by atoms with van der Waals surface area (Å²) in [6.07, 6.45) is 2.94. The Balaban J connectivity index is 2.30. The van der Waals surface area contributed by atoms with Gasteiger partial charge in [-0.1, -0.05) is 18.6 Å². The molecule has 0 atom stereocenters. The monoisotopic (exact) mass is 294 g/mol. The molecule has 1 amide bonds. The van der Waals surface area contributed by atoms with E-state index in [-0.39, 0.29) is 24.0 Å². The Hall–Kier alpha value is -2.08. The van der Waals surface area contributed by atoms with Gasteiger partial charge in [-0.05, 0) is 37.9 Å². The maximum absolute atomic E-state index is 11.8. The van der Waals surface area contributed by atoms with Gasteiger partial charge in [0.15, 0.2) is 6.73 Å². The molecule has 1 aromatic carbocycles. The third-order valence-corrected chi connectivity index (χ3v) is 3.04. The minimum atomic E-state index is -0.667. The summed E-state index contributed by atoms with van der Waals surface area (Å²) in [7, 11) is 0. The molecule has 0 bridgehead atoms. The molecule has 1 rings (SSSR count). The molecule has 21 heavy (non-hydrogen) atoms. The zero-order valence-electron chi connectivity index (χ0n) is 12.2. The molecular weight excluding hydrogens is 272 g/mol. The van der Waals surface area contributed by atoms with E-state index in [4.69, 9.17) is 10.5 Å². The number of esters is 1. The third kappa shape index (κ3) is 5.83. The quantitative estimate of drug-likeness (QED) is 0.382. The fourth-order valence-corrected chi connectivity index (χ4v) is 1.78. The largest absolute Gasteiger partial charge is 0.507 e. The number of nitrogens with one attached hydrogen (secondary N) is 1. The minimum Gasteiger partial charge on any atom is -0.507 e. The SMILES string of the molecule is Cc1cccc(C(=O)OCNC(=O)CCCCCN)c1O. The van der Waals surface area contributed by atoms with E-state index in [2.05, 4.69) is 5.32 Å². The average molecular weight is 294 g/mol. The van der Waals surface area contributed by atoms with Gasteiger partial charge in [0.25, 0.3) is 0 Å². The maximum Gasteiger partial charge on any atom is 0.343 e. The number of phenols is 1. The summed E-state index contributed by atoms with van der Waals surface area (Å²) in [5, 5.41) is 12.2. The number of nitrogens with two attached hydrogens (primary N) is 1. The highest BCUT2D eigenvalue weighted by Gasteiger charge is 2.13. The predicted octanol–water partition coefficient (Wildman–Crippen LogP) is 1.45. The Morgan fingerprint density at radius 2 is 2.05 bits per heavy atom. The van der Waals surface area contributed by atoms with Gasteiger partial charge >= 0.3 is 5.97 Å². The van der Waals surface area contributed by atoms with Crippen LogP contribution in [-0.4, -0.2) is 30.3 Å². The van der Waals surface area contributed by atoms with Crippen molar-refractivity contribution in [1.82, 2.24) is 5.32 Å². The van der Waals surface area contributed by atoms with Crippen molar-refractivity contribution in [3.05, 3.63) is 29.3 Å². The van der Waals surface area contributed by atoms with Crippen LogP contribution >= 0.6 is 0 Å². The molecule has 0 aliphatic heterocycles. The van der Waals surface area contributed by atoms with E-state index in [0.717, 1.165) is 19.3 Å². The molecule has 6 nitrogen and oxygen atoms in total. The average Bonchev–Trinajstić information content (AvgIpc) is 2.46. The molecule has 0 fully saturated rings. The van der Waals surface area contributed by atoms with Crippen LogP contribution in [0.1, 0.15) is 41.6 Å². The van der Waals surface area contributed by atoms with E-state index in [1.165, 1.54) is 6.07 Å². The standard InChI is InChI=1S/C15H22N2O4/c1-11-6-5-7-12(14(11)19)15(20)21-10-17-13(18)8-3-2-4-9-16/h5-7,19H,2-4,8-10,16H2,1H3,(H,17,18). The number of aryl methyl sites for hydroxylation is 1. The second-order valence-electron chi connectivity index (χ2n) is 4.75. The molecule has 0 aliphatic carbocycles. The zero-order valence-corrected chi connectivity index (χ0v) is 12.2. The summed E-state index contributed by atoms with van der Waals surface area (Å²) in [6, 6.07) is 4.82. The van der Waals surface area contributed by atoms with Crippen molar-refractivity contribution >= 4 is 11.9 Å². The van der Waals surface area contributed by atoms with Crippen molar-refractivity contribution < 1.29 is 19.4 Å². The van der Waals surface area contributed by atoms with Crippen LogP contribution in [0.4, 0.5) is 0 Å². The van der Waals surface area contributed by atoms with Gasteiger partial charge in [0.2, 0.25) is 5.91 Å². The Bertz CT molecular complexity index is 489. The predicted molar refractivity (Wildman–Crippen MR) is 78.8 cm³/mol. The van der Waals surface area contributed by atoms with E-state index in [9.17, 15) is 14.7 Å². The smallest absolute Gasteiger partial charge is 0.343 e. The Morgan fingerprint density at radius 1 is 1.29 bits per heavy atom. The molecule has 0 saturated carbocycles. The number of phenolic OH excluding ortho intramolecular Hbond substituents is 1. The van der Waals surface area contributed by atoms with E-state index in [0.29, 0.717) is 18.5 Å². The van der Waals surface area contributed by atoms with Crippen molar-refractivity contribution in [1.29, 1.82) is 0 Å². The number of rotatable bonds is 8. The Morgan fingerprint density at radius 3 is 2.76 bits per heavy atom. The molecule has 4 N–H and O–H groups in total. The van der Waals surface area contributed by atoms with Crippen LogP contribution in [0.5, 0.6) is 5.75 Å². The van der Waals surface area contributed by atoms with E-state index in [1.54, 1.807) is 19.1 Å². The summed E-state index contributed by atoms with van der Waals surface area (Å²) < 4.78 is 4.91. The lowest BCUT2D eigenvalue weighted by atomic mass is 10.1. The Kier molecular flexibility index (Phi) is 7.25. The summed E-state index contributed by atoms with van der Waals surface area (Å²) in [5.41, 5.74) is 6.04. The molecule has 116 valence electrons. The van der Waals surface area contributed by atoms with Crippen LogP contribution in [-0.2, 0) is 9.53 Å². The van der Waals surface area contributed by atoms with Crippen molar-refractivity contribution in [2.75, 3.05) is 13.3 Å². The lowest BCUT2D eigenvalue weighted by molar-refractivity contribution is -0.122. The number of amides is 1. The first-order chi connectivity index (χ1) is 10.1. The molecule has 0 radical (unpaired) electrons. The lowest BCUT2D eigenvalue weighted by Gasteiger charge is -2.09. The van der Waals surface area contributed by atoms with Gasteiger partial charge in [-0.3, -0.25) is 4.79 Å². The number of hydrogen-bond donors (Lipinski definition) is 3. The molecule has 6 heteroatoms. The fourth-order valence-electron chi connectivity index (χ4n) is 1.78. The van der Waals surface area contributed by atoms with Crippen LogP contribution in [0.3, 0.4) is 0 Å². The van der Waals surface area contributed by atoms with E-state index >= 15 is 0 Å². The van der Waals surface area contributed by atoms with E-state index in [1.807, 2.05) is 0 Å². The number of carbonyl (C=O) groups is 2. The summed E-state index contributed by atoms with van der Waals surface area (Å²) in [4.78, 5) is 23.2. The summed E-state index contributed by atoms with van der Waals surface area (Å²) >= 11 is 0. The molecule has 0 spiro atoms. The number of unbranched alkanes of at least 4 members (excludes halogenated alkanes) is 2.